The average Bonchev–Trinajstić information content (AvgIpc) is 1.25. The minimum atomic E-state index is 0. The van der Waals surface area contributed by atoms with Crippen LogP contribution in [0.2, 0.25) is 39.3 Å². The molecule has 0 aromatic carbocycles. The van der Waals surface area contributed by atoms with Crippen LogP contribution < -0.4 is 0 Å². The van der Waals surface area contributed by atoms with Crippen molar-refractivity contribution in [2.45, 2.75) is 39.3 Å². The van der Waals surface area contributed by atoms with Crippen molar-refractivity contribution in [2.75, 3.05) is 0 Å². The molecule has 0 unspecified atom stereocenters. The van der Waals surface area contributed by atoms with Crippen LogP contribution in [0.15, 0.2) is 0 Å². The van der Waals surface area contributed by atoms with Gasteiger partial charge in [-0.05, 0) is 0 Å². The van der Waals surface area contributed by atoms with Crippen molar-refractivity contribution in [3.8, 4) is 0 Å². The van der Waals surface area contributed by atoms with Crippen LogP contribution >= 0.6 is 0 Å². The first-order valence-corrected chi connectivity index (χ1v) is 9.00. The van der Waals surface area contributed by atoms with Crippen LogP contribution in [0.1, 0.15) is 0 Å². The topological polar surface area (TPSA) is 0 Å². The molecule has 0 saturated carbocycles. The Labute approximate surface area is 81.1 Å². The van der Waals surface area contributed by atoms with Crippen molar-refractivity contribution in [3.63, 3.8) is 0 Å². The predicted molar refractivity (Wildman–Crippen MR) is 53.8 cm³/mol. The van der Waals surface area contributed by atoms with E-state index in [-0.39, 0.29) is 42.0 Å². The summed E-state index contributed by atoms with van der Waals surface area (Å²) >= 11 is 0. The van der Waals surface area contributed by atoms with Crippen molar-refractivity contribution in [2.24, 2.45) is 0 Å². The van der Waals surface area contributed by atoms with E-state index >= 15 is 0 Å². The molecule has 9 heavy (non-hydrogen) atoms. The molecule has 0 aliphatic carbocycles. The van der Waals surface area contributed by atoms with Gasteiger partial charge in [-0.3, -0.25) is 0 Å². The van der Waals surface area contributed by atoms with Gasteiger partial charge in [-0.15, -0.1) is 0 Å². The van der Waals surface area contributed by atoms with Gasteiger partial charge in [-0.1, -0.05) is 39.3 Å². The summed E-state index contributed by atoms with van der Waals surface area (Å²) in [6, 6.07) is 0. The zero-order valence-electron chi connectivity index (χ0n) is 7.50. The fourth-order valence-corrected chi connectivity index (χ4v) is 0. The molecule has 3 heteroatoms. The molecule has 0 spiro atoms. The molecule has 4 radical (unpaired) electrons. The molecule has 0 rings (SSSR count). The third-order valence-electron chi connectivity index (χ3n) is 0. The minimum absolute atomic E-state index is 0. The molecule has 0 amide bonds. The van der Waals surface area contributed by atoms with Crippen LogP contribution in [0.25, 0.3) is 0 Å². The van der Waals surface area contributed by atoms with E-state index in [1.165, 1.54) is 0 Å². The first kappa shape index (κ1) is 16.7. The molecule has 56 valence electrons. The molecule has 0 nitrogen and oxygen atoms in total. The van der Waals surface area contributed by atoms with Gasteiger partial charge in [0.25, 0.3) is 0 Å². The fourth-order valence-electron chi connectivity index (χ4n) is 0. The summed E-state index contributed by atoms with van der Waals surface area (Å²) in [7, 11) is 0.241. The Morgan fingerprint density at radius 3 is 0.556 bits per heavy atom. The summed E-state index contributed by atoms with van der Waals surface area (Å²) in [5.41, 5.74) is 0. The van der Waals surface area contributed by atoms with E-state index in [9.17, 15) is 0 Å². The molecule has 0 saturated heterocycles. The van der Waals surface area contributed by atoms with Crippen LogP contribution in [-0.4, -0.2) is 42.0 Å². The van der Waals surface area contributed by atoms with Gasteiger partial charge in [0.05, 0.1) is 0 Å². The van der Waals surface area contributed by atoms with Gasteiger partial charge in [0.2, 0.25) is 0 Å². The van der Waals surface area contributed by atoms with Gasteiger partial charge in [0, 0.05) is 17.6 Å². The van der Waals surface area contributed by atoms with E-state index in [2.05, 4.69) is 39.3 Å². The summed E-state index contributed by atoms with van der Waals surface area (Å²) in [6.07, 6.45) is 0. The summed E-state index contributed by atoms with van der Waals surface area (Å²) in [4.78, 5) is 0. The van der Waals surface area contributed by atoms with Crippen LogP contribution in [0.3, 0.4) is 0 Å². The molecule has 0 aliphatic heterocycles. The van der Waals surface area contributed by atoms with E-state index in [1.54, 1.807) is 0 Å². The van der Waals surface area contributed by atoms with E-state index in [4.69, 9.17) is 0 Å². The third kappa shape index (κ3) is 310. The second-order valence-electron chi connectivity index (χ2n) is 3.00. The number of hydrogen-bond acceptors (Lipinski definition) is 0. The molecule has 0 aromatic heterocycles. The van der Waals surface area contributed by atoms with Gasteiger partial charge in [-0.25, -0.2) is 0 Å². The SMILES string of the molecule is C[Si](C)C.C[Si](C)C.[SbH]. The average molecular weight is 269 g/mol. The molecule has 0 heterocycles. The van der Waals surface area contributed by atoms with Crippen LogP contribution in [0.5, 0.6) is 0 Å². The van der Waals surface area contributed by atoms with Gasteiger partial charge >= 0.3 is 24.4 Å². The normalized spacial score (nSPS) is 8.00. The van der Waals surface area contributed by atoms with Gasteiger partial charge in [0.1, 0.15) is 0 Å². The Morgan fingerprint density at radius 2 is 0.556 bits per heavy atom. The second kappa shape index (κ2) is 12.0. The van der Waals surface area contributed by atoms with Gasteiger partial charge in [-0.2, -0.15) is 0 Å². The van der Waals surface area contributed by atoms with Crippen molar-refractivity contribution in [1.82, 2.24) is 0 Å². The summed E-state index contributed by atoms with van der Waals surface area (Å²) in [6.45, 7) is 13.6. The Hall–Kier alpha value is 1.25. The molecule has 0 fully saturated rings. The zero-order valence-corrected chi connectivity index (χ0v) is 12.4. The Morgan fingerprint density at radius 1 is 0.556 bits per heavy atom. The summed E-state index contributed by atoms with van der Waals surface area (Å²) < 4.78 is 0. The molecule has 0 aromatic rings. The summed E-state index contributed by atoms with van der Waals surface area (Å²) in [5.74, 6) is 0. The molecular weight excluding hydrogens is 250 g/mol. The predicted octanol–water partition coefficient (Wildman–Crippen LogP) is 2.09. The van der Waals surface area contributed by atoms with Crippen molar-refractivity contribution in [3.05, 3.63) is 0 Å². The van der Waals surface area contributed by atoms with E-state index in [0.29, 0.717) is 0 Å². The van der Waals surface area contributed by atoms with E-state index in [0.717, 1.165) is 0 Å². The molecule has 0 bridgehead atoms. The second-order valence-corrected chi connectivity index (χ2v) is 9.00. The van der Waals surface area contributed by atoms with Crippen LogP contribution in [0, 0.1) is 0 Å². The number of rotatable bonds is 0. The van der Waals surface area contributed by atoms with Gasteiger partial charge in [0.15, 0.2) is 0 Å². The molecule has 0 aliphatic rings. The first-order valence-electron chi connectivity index (χ1n) is 3.00. The third-order valence-corrected chi connectivity index (χ3v) is 0. The van der Waals surface area contributed by atoms with Crippen LogP contribution in [0.4, 0.5) is 0 Å². The Kier molecular flexibility index (Phi) is 22.2. The molecular formula is C6H19SbSi2. The molecule has 0 N–H and O–H groups in total. The maximum absolute atomic E-state index is 2.27. The van der Waals surface area contributed by atoms with E-state index < -0.39 is 0 Å². The van der Waals surface area contributed by atoms with Crippen molar-refractivity contribution in [1.29, 1.82) is 0 Å². The fraction of sp³-hybridized carbons (Fsp3) is 1.00. The standard InChI is InChI=1S/2C3H9Si.Sb.H/c2*1-4(2)3;;/h2*1-3H3;;. The maximum atomic E-state index is 2.27. The zero-order chi connectivity index (χ0) is 7.15. The van der Waals surface area contributed by atoms with E-state index in [1.807, 2.05) is 0 Å². The molecule has 0 atom stereocenters. The first-order chi connectivity index (χ1) is 3.46. The van der Waals surface area contributed by atoms with Gasteiger partial charge < -0.3 is 0 Å². The Bertz CT molecular complexity index is 26.5. The van der Waals surface area contributed by atoms with Crippen molar-refractivity contribution >= 4 is 42.0 Å². The quantitative estimate of drug-likeness (QED) is 0.591. The summed E-state index contributed by atoms with van der Waals surface area (Å²) in [5, 5.41) is 0. The van der Waals surface area contributed by atoms with Crippen molar-refractivity contribution < 1.29 is 0 Å². The Balaban J connectivity index is -0.0000000720. The monoisotopic (exact) mass is 268 g/mol. The van der Waals surface area contributed by atoms with Crippen LogP contribution in [-0.2, 0) is 0 Å². The number of hydrogen-bond donors (Lipinski definition) is 0.